The Morgan fingerprint density at radius 2 is 2.45 bits per heavy atom. The summed E-state index contributed by atoms with van der Waals surface area (Å²) in [5.74, 6) is -0.131. The van der Waals surface area contributed by atoms with Crippen LogP contribution in [0, 0.1) is 6.92 Å². The van der Waals surface area contributed by atoms with Gasteiger partial charge in [-0.2, -0.15) is 0 Å². The predicted molar refractivity (Wildman–Crippen MR) is 77.8 cm³/mol. The number of rotatable bonds is 6. The third-order valence-corrected chi connectivity index (χ3v) is 4.64. The number of aromatic nitrogens is 1. The molecule has 1 aromatic rings. The largest absolute Gasteiger partial charge is 0.465 e. The van der Waals surface area contributed by atoms with Gasteiger partial charge in [0, 0.05) is 5.25 Å². The minimum absolute atomic E-state index is 0.131. The third-order valence-electron chi connectivity index (χ3n) is 3.52. The van der Waals surface area contributed by atoms with Gasteiger partial charge in [-0.1, -0.05) is 18.7 Å². The van der Waals surface area contributed by atoms with Gasteiger partial charge >= 0.3 is 5.97 Å². The number of ether oxygens (including phenoxy) is 1. The smallest absolute Gasteiger partial charge is 0.326 e. The van der Waals surface area contributed by atoms with Crippen molar-refractivity contribution in [3.05, 3.63) is 12.0 Å². The first-order valence-electron chi connectivity index (χ1n) is 7.10. The fourth-order valence-corrected chi connectivity index (χ4v) is 3.84. The lowest BCUT2D eigenvalue weighted by atomic mass is 9.98. The lowest BCUT2D eigenvalue weighted by Crippen LogP contribution is -2.51. The summed E-state index contributed by atoms with van der Waals surface area (Å²) < 4.78 is 10.6. The summed E-state index contributed by atoms with van der Waals surface area (Å²) in [5.41, 5.74) is 0.346. The summed E-state index contributed by atoms with van der Waals surface area (Å²) in [6.45, 7) is 6.94. The second-order valence-corrected chi connectivity index (χ2v) is 6.32. The third kappa shape index (κ3) is 3.35. The van der Waals surface area contributed by atoms with Crippen LogP contribution in [0.3, 0.4) is 0 Å². The highest BCUT2D eigenvalue weighted by Crippen LogP contribution is 2.40. The molecule has 1 saturated carbocycles. The molecule has 2 unspecified atom stereocenters. The van der Waals surface area contributed by atoms with Crippen molar-refractivity contribution >= 4 is 17.7 Å². The Morgan fingerprint density at radius 1 is 1.65 bits per heavy atom. The van der Waals surface area contributed by atoms with Gasteiger partial charge in [0.25, 0.3) is 5.22 Å². The monoisotopic (exact) mass is 298 g/mol. The van der Waals surface area contributed by atoms with E-state index in [1.165, 1.54) is 0 Å². The number of aryl methyl sites for hydroxylation is 1. The maximum absolute atomic E-state index is 12.2. The highest BCUT2D eigenvalue weighted by Gasteiger charge is 2.46. The van der Waals surface area contributed by atoms with Crippen molar-refractivity contribution in [2.45, 2.75) is 56.0 Å². The SMILES string of the molecule is CCNC1(C(=O)OCC)CCC(Sc2nc(C)co2)C1. The van der Waals surface area contributed by atoms with E-state index in [1.54, 1.807) is 18.0 Å². The van der Waals surface area contributed by atoms with Crippen LogP contribution in [0.25, 0.3) is 0 Å². The van der Waals surface area contributed by atoms with Crippen molar-refractivity contribution in [3.8, 4) is 0 Å². The summed E-state index contributed by atoms with van der Waals surface area (Å²) in [6.07, 6.45) is 4.17. The number of hydrogen-bond acceptors (Lipinski definition) is 6. The number of likely N-dealkylation sites (N-methyl/N-ethyl adjacent to an activating group) is 1. The average Bonchev–Trinajstić information content (AvgIpc) is 2.99. The van der Waals surface area contributed by atoms with Crippen molar-refractivity contribution in [3.63, 3.8) is 0 Å². The molecule has 0 amide bonds. The molecule has 0 spiro atoms. The number of carbonyl (C=O) groups is 1. The molecular weight excluding hydrogens is 276 g/mol. The molecule has 20 heavy (non-hydrogen) atoms. The molecule has 2 rings (SSSR count). The van der Waals surface area contributed by atoms with Crippen LogP contribution in [0.5, 0.6) is 0 Å². The van der Waals surface area contributed by atoms with Crippen molar-refractivity contribution in [1.82, 2.24) is 10.3 Å². The number of thioether (sulfide) groups is 1. The summed E-state index contributed by atoms with van der Waals surface area (Å²) in [5, 5.41) is 4.34. The highest BCUT2D eigenvalue weighted by atomic mass is 32.2. The minimum Gasteiger partial charge on any atom is -0.465 e. The fourth-order valence-electron chi connectivity index (χ4n) is 2.66. The summed E-state index contributed by atoms with van der Waals surface area (Å²) in [4.78, 5) is 16.5. The second-order valence-electron chi connectivity index (χ2n) is 5.07. The van der Waals surface area contributed by atoms with E-state index in [0.717, 1.165) is 31.5 Å². The maximum Gasteiger partial charge on any atom is 0.326 e. The van der Waals surface area contributed by atoms with Gasteiger partial charge in [0.15, 0.2) is 0 Å². The van der Waals surface area contributed by atoms with Crippen LogP contribution in [-0.4, -0.2) is 34.9 Å². The highest BCUT2D eigenvalue weighted by molar-refractivity contribution is 7.99. The van der Waals surface area contributed by atoms with Gasteiger partial charge in [0.1, 0.15) is 11.8 Å². The van der Waals surface area contributed by atoms with Gasteiger partial charge < -0.3 is 14.5 Å². The number of esters is 1. The van der Waals surface area contributed by atoms with Crippen molar-refractivity contribution in [1.29, 1.82) is 0 Å². The Bertz CT molecular complexity index is 463. The van der Waals surface area contributed by atoms with E-state index in [4.69, 9.17) is 9.15 Å². The molecule has 0 bridgehead atoms. The summed E-state index contributed by atoms with van der Waals surface area (Å²) in [7, 11) is 0. The Kier molecular flexibility index (Phi) is 5.10. The molecule has 1 aliphatic rings. The molecule has 1 fully saturated rings. The van der Waals surface area contributed by atoms with Crippen molar-refractivity contribution in [2.75, 3.05) is 13.2 Å². The topological polar surface area (TPSA) is 64.4 Å². The Balaban J connectivity index is 2.01. The molecule has 6 heteroatoms. The Labute approximate surface area is 123 Å². The van der Waals surface area contributed by atoms with Crippen molar-refractivity contribution < 1.29 is 13.9 Å². The van der Waals surface area contributed by atoms with Crippen LogP contribution in [0.1, 0.15) is 38.8 Å². The molecule has 1 heterocycles. The van der Waals surface area contributed by atoms with E-state index < -0.39 is 5.54 Å². The number of nitrogens with zero attached hydrogens (tertiary/aromatic N) is 1. The lowest BCUT2D eigenvalue weighted by molar-refractivity contribution is -0.151. The molecule has 1 N–H and O–H groups in total. The number of oxazole rings is 1. The summed E-state index contributed by atoms with van der Waals surface area (Å²) >= 11 is 1.61. The Hall–Kier alpha value is -1.01. The van der Waals surface area contributed by atoms with Gasteiger partial charge in [-0.05, 0) is 39.7 Å². The zero-order valence-corrected chi connectivity index (χ0v) is 13.1. The lowest BCUT2D eigenvalue weighted by Gasteiger charge is -2.27. The molecule has 0 saturated heterocycles. The van der Waals surface area contributed by atoms with Gasteiger partial charge in [-0.15, -0.1) is 0 Å². The summed E-state index contributed by atoms with van der Waals surface area (Å²) in [6, 6.07) is 0. The number of nitrogens with one attached hydrogen (secondary N) is 1. The maximum atomic E-state index is 12.2. The van der Waals surface area contributed by atoms with E-state index in [0.29, 0.717) is 17.1 Å². The van der Waals surface area contributed by atoms with E-state index in [-0.39, 0.29) is 5.97 Å². The molecule has 0 radical (unpaired) electrons. The van der Waals surface area contributed by atoms with Gasteiger partial charge in [-0.25, -0.2) is 4.98 Å². The molecule has 1 aromatic heterocycles. The first kappa shape index (κ1) is 15.4. The first-order chi connectivity index (χ1) is 9.59. The van der Waals surface area contributed by atoms with Crippen LogP contribution in [0.2, 0.25) is 0 Å². The second kappa shape index (κ2) is 6.63. The standard InChI is InChI=1S/C14H22N2O3S/c1-4-15-14(12(17)18-5-2)7-6-11(8-14)20-13-16-10(3)9-19-13/h9,11,15H,4-8H2,1-3H3. The number of hydrogen-bond donors (Lipinski definition) is 1. The van der Waals surface area contributed by atoms with Crippen LogP contribution in [0.15, 0.2) is 15.9 Å². The predicted octanol–water partition coefficient (Wildman–Crippen LogP) is 2.54. The average molecular weight is 298 g/mol. The van der Waals surface area contributed by atoms with Gasteiger partial charge in [0.05, 0.1) is 12.3 Å². The zero-order valence-electron chi connectivity index (χ0n) is 12.3. The van der Waals surface area contributed by atoms with Crippen LogP contribution < -0.4 is 5.32 Å². The van der Waals surface area contributed by atoms with E-state index in [2.05, 4.69) is 10.3 Å². The normalized spacial score (nSPS) is 25.9. The first-order valence-corrected chi connectivity index (χ1v) is 7.98. The quantitative estimate of drug-likeness (QED) is 0.814. The van der Waals surface area contributed by atoms with Gasteiger partial charge in [-0.3, -0.25) is 4.79 Å². The van der Waals surface area contributed by atoms with Crippen LogP contribution >= 0.6 is 11.8 Å². The molecular formula is C14H22N2O3S. The number of carbonyl (C=O) groups excluding carboxylic acids is 1. The van der Waals surface area contributed by atoms with Crippen LogP contribution in [-0.2, 0) is 9.53 Å². The molecule has 5 nitrogen and oxygen atoms in total. The van der Waals surface area contributed by atoms with E-state index in [9.17, 15) is 4.79 Å². The molecule has 0 aromatic carbocycles. The van der Waals surface area contributed by atoms with Crippen molar-refractivity contribution in [2.24, 2.45) is 0 Å². The van der Waals surface area contributed by atoms with Crippen LogP contribution in [0.4, 0.5) is 0 Å². The molecule has 0 aliphatic heterocycles. The molecule has 2 atom stereocenters. The minimum atomic E-state index is -0.538. The molecule has 112 valence electrons. The fraction of sp³-hybridized carbons (Fsp3) is 0.714. The van der Waals surface area contributed by atoms with Gasteiger partial charge in [0.2, 0.25) is 0 Å². The van der Waals surface area contributed by atoms with E-state index in [1.807, 2.05) is 20.8 Å². The molecule has 1 aliphatic carbocycles. The Morgan fingerprint density at radius 3 is 3.05 bits per heavy atom. The zero-order chi connectivity index (χ0) is 14.6. The van der Waals surface area contributed by atoms with E-state index >= 15 is 0 Å².